The summed E-state index contributed by atoms with van der Waals surface area (Å²) in [6.07, 6.45) is -4.01. The van der Waals surface area contributed by atoms with E-state index in [9.17, 15) is 14.3 Å². The third-order valence-electron chi connectivity index (χ3n) is 2.19. The third kappa shape index (κ3) is 2.77. The summed E-state index contributed by atoms with van der Waals surface area (Å²) in [5.41, 5.74) is 0.806. The maximum absolute atomic E-state index is 13.1. The molecule has 4 nitrogen and oxygen atoms in total. The van der Waals surface area contributed by atoms with Crippen LogP contribution in [0.1, 0.15) is 17.2 Å². The zero-order valence-corrected chi connectivity index (χ0v) is 8.76. The number of benzene rings is 1. The second-order valence-electron chi connectivity index (χ2n) is 3.32. The molecule has 2 N–H and O–H groups in total. The maximum Gasteiger partial charge on any atom is 0.341 e. The third-order valence-corrected chi connectivity index (χ3v) is 2.19. The highest BCUT2D eigenvalue weighted by Crippen LogP contribution is 2.23. The van der Waals surface area contributed by atoms with Gasteiger partial charge in [0.2, 0.25) is 6.17 Å². The Morgan fingerprint density at radius 1 is 1.50 bits per heavy atom. The van der Waals surface area contributed by atoms with Crippen molar-refractivity contribution < 1.29 is 24.1 Å². The number of hydrogen-bond donors (Lipinski definition) is 2. The second kappa shape index (κ2) is 5.58. The van der Waals surface area contributed by atoms with E-state index in [2.05, 4.69) is 0 Å². The molecule has 0 radical (unpaired) electrons. The molecule has 0 spiro atoms. The summed E-state index contributed by atoms with van der Waals surface area (Å²) in [4.78, 5) is 10.4. The predicted molar refractivity (Wildman–Crippen MR) is 54.6 cm³/mol. The topological polar surface area (TPSA) is 66.8 Å². The van der Waals surface area contributed by atoms with Gasteiger partial charge in [0, 0.05) is 7.11 Å². The molecule has 0 bridgehead atoms. The predicted octanol–water partition coefficient (Wildman–Crippen LogP) is 1.29. The lowest BCUT2D eigenvalue weighted by atomic mass is 10.00. The van der Waals surface area contributed by atoms with Crippen LogP contribution in [0.3, 0.4) is 0 Å². The van der Waals surface area contributed by atoms with E-state index in [-0.39, 0.29) is 12.2 Å². The van der Waals surface area contributed by atoms with E-state index in [1.165, 1.54) is 13.2 Å². The lowest BCUT2D eigenvalue weighted by Gasteiger charge is -2.16. The van der Waals surface area contributed by atoms with Crippen molar-refractivity contribution >= 4 is 5.97 Å². The van der Waals surface area contributed by atoms with Crippen molar-refractivity contribution in [2.45, 2.75) is 18.9 Å². The monoisotopic (exact) mass is 228 g/mol. The zero-order valence-electron chi connectivity index (χ0n) is 8.76. The first-order valence-electron chi connectivity index (χ1n) is 4.69. The molecule has 16 heavy (non-hydrogen) atoms. The van der Waals surface area contributed by atoms with Crippen molar-refractivity contribution in [1.29, 1.82) is 0 Å². The standard InChI is InChI=1S/C11H13FO4/c1-16-6-7-4-2-3-5-8(7)10(13)9(12)11(14)15/h2-5,9-10,13H,6H2,1H3,(H,14,15). The summed E-state index contributed by atoms with van der Waals surface area (Å²) in [6, 6.07) is 6.44. The van der Waals surface area contributed by atoms with Gasteiger partial charge in [-0.25, -0.2) is 9.18 Å². The molecular weight excluding hydrogens is 215 g/mol. The van der Waals surface area contributed by atoms with Crippen LogP contribution in [0, 0.1) is 0 Å². The second-order valence-corrected chi connectivity index (χ2v) is 3.32. The molecule has 2 atom stereocenters. The zero-order chi connectivity index (χ0) is 12.1. The van der Waals surface area contributed by atoms with Crippen LogP contribution in [-0.4, -0.2) is 29.5 Å². The van der Waals surface area contributed by atoms with Gasteiger partial charge in [0.1, 0.15) is 6.10 Å². The number of alkyl halides is 1. The molecule has 1 aromatic carbocycles. The number of carboxylic acids is 1. The normalized spacial score (nSPS) is 14.4. The molecule has 88 valence electrons. The minimum Gasteiger partial charge on any atom is -0.479 e. The van der Waals surface area contributed by atoms with Gasteiger partial charge in [-0.2, -0.15) is 0 Å². The molecule has 0 aliphatic carbocycles. The highest BCUT2D eigenvalue weighted by atomic mass is 19.1. The molecule has 2 unspecified atom stereocenters. The van der Waals surface area contributed by atoms with Crippen molar-refractivity contribution in [2.24, 2.45) is 0 Å². The van der Waals surface area contributed by atoms with Gasteiger partial charge in [-0.05, 0) is 11.1 Å². The lowest BCUT2D eigenvalue weighted by molar-refractivity contribution is -0.147. The van der Waals surface area contributed by atoms with E-state index < -0.39 is 18.2 Å². The Kier molecular flexibility index (Phi) is 4.39. The van der Waals surface area contributed by atoms with Crippen LogP contribution in [0.5, 0.6) is 0 Å². The first kappa shape index (κ1) is 12.6. The van der Waals surface area contributed by atoms with Crippen LogP contribution >= 0.6 is 0 Å². The Morgan fingerprint density at radius 2 is 2.12 bits per heavy atom. The summed E-state index contributed by atoms with van der Waals surface area (Å²) in [5.74, 6) is -1.68. The average Bonchev–Trinajstić information content (AvgIpc) is 2.28. The van der Waals surface area contributed by atoms with E-state index in [1.807, 2.05) is 0 Å². The first-order valence-corrected chi connectivity index (χ1v) is 4.69. The molecule has 0 heterocycles. The smallest absolute Gasteiger partial charge is 0.341 e. The highest BCUT2D eigenvalue weighted by molar-refractivity contribution is 5.73. The van der Waals surface area contributed by atoms with Crippen LogP contribution in [0.25, 0.3) is 0 Å². The number of ether oxygens (including phenoxy) is 1. The van der Waals surface area contributed by atoms with E-state index in [4.69, 9.17) is 9.84 Å². The van der Waals surface area contributed by atoms with Crippen LogP contribution in [0.15, 0.2) is 24.3 Å². The van der Waals surface area contributed by atoms with Gasteiger partial charge >= 0.3 is 5.97 Å². The summed E-state index contributed by atoms with van der Waals surface area (Å²) < 4.78 is 18.0. The molecule has 0 amide bonds. The molecule has 0 saturated heterocycles. The number of aliphatic hydroxyl groups excluding tert-OH is 1. The summed E-state index contributed by atoms with van der Waals surface area (Å²) in [5, 5.41) is 18.0. The molecule has 0 saturated carbocycles. The van der Waals surface area contributed by atoms with Crippen LogP contribution in [0.4, 0.5) is 4.39 Å². The first-order chi connectivity index (χ1) is 7.57. The summed E-state index contributed by atoms with van der Waals surface area (Å²) in [7, 11) is 1.47. The van der Waals surface area contributed by atoms with Crippen LogP contribution in [0.2, 0.25) is 0 Å². The van der Waals surface area contributed by atoms with Gasteiger partial charge in [0.05, 0.1) is 6.61 Å². The average molecular weight is 228 g/mol. The quantitative estimate of drug-likeness (QED) is 0.796. The lowest BCUT2D eigenvalue weighted by Crippen LogP contribution is -2.24. The molecule has 0 fully saturated rings. The van der Waals surface area contributed by atoms with Crippen molar-refractivity contribution in [2.75, 3.05) is 7.11 Å². The number of aliphatic carboxylic acids is 1. The minimum atomic E-state index is -2.34. The molecule has 1 rings (SSSR count). The fraction of sp³-hybridized carbons (Fsp3) is 0.364. The maximum atomic E-state index is 13.1. The van der Waals surface area contributed by atoms with E-state index >= 15 is 0 Å². The van der Waals surface area contributed by atoms with Crippen molar-refractivity contribution in [3.8, 4) is 0 Å². The van der Waals surface area contributed by atoms with Gasteiger partial charge in [-0.15, -0.1) is 0 Å². The molecule has 5 heteroatoms. The van der Waals surface area contributed by atoms with Gasteiger partial charge in [-0.1, -0.05) is 24.3 Å². The number of aliphatic hydroxyl groups is 1. The van der Waals surface area contributed by atoms with Crippen molar-refractivity contribution in [3.05, 3.63) is 35.4 Å². The Bertz CT molecular complexity index is 367. The van der Waals surface area contributed by atoms with Crippen LogP contribution in [-0.2, 0) is 16.1 Å². The van der Waals surface area contributed by atoms with E-state index in [0.717, 1.165) is 0 Å². The van der Waals surface area contributed by atoms with Crippen LogP contribution < -0.4 is 0 Å². The van der Waals surface area contributed by atoms with Crippen molar-refractivity contribution in [3.63, 3.8) is 0 Å². The van der Waals surface area contributed by atoms with Gasteiger partial charge < -0.3 is 14.9 Å². The van der Waals surface area contributed by atoms with Gasteiger partial charge in [0.15, 0.2) is 0 Å². The molecular formula is C11H13FO4. The largest absolute Gasteiger partial charge is 0.479 e. The fourth-order valence-electron chi connectivity index (χ4n) is 1.40. The minimum absolute atomic E-state index is 0.194. The number of carbonyl (C=O) groups is 1. The number of halogens is 1. The van der Waals surface area contributed by atoms with Gasteiger partial charge in [-0.3, -0.25) is 0 Å². The molecule has 0 aliphatic rings. The van der Waals surface area contributed by atoms with E-state index in [0.29, 0.717) is 5.56 Å². The number of hydrogen-bond acceptors (Lipinski definition) is 3. The SMILES string of the molecule is COCc1ccccc1C(O)C(F)C(=O)O. The fourth-order valence-corrected chi connectivity index (χ4v) is 1.40. The number of methoxy groups -OCH3 is 1. The Balaban J connectivity index is 2.97. The Morgan fingerprint density at radius 3 is 2.69 bits per heavy atom. The summed E-state index contributed by atoms with van der Waals surface area (Å²) >= 11 is 0. The van der Waals surface area contributed by atoms with E-state index in [1.54, 1.807) is 18.2 Å². The molecule has 0 aromatic heterocycles. The number of carboxylic acid groups (broad SMARTS) is 1. The number of rotatable bonds is 5. The summed E-state index contributed by atoms with van der Waals surface area (Å²) in [6.45, 7) is 0.194. The molecule has 0 aliphatic heterocycles. The molecule has 1 aromatic rings. The Labute approximate surface area is 92.3 Å². The van der Waals surface area contributed by atoms with Gasteiger partial charge in [0.25, 0.3) is 0 Å². The van der Waals surface area contributed by atoms with Crippen molar-refractivity contribution in [1.82, 2.24) is 0 Å². The highest BCUT2D eigenvalue weighted by Gasteiger charge is 2.28. The Hall–Kier alpha value is -1.46.